The highest BCUT2D eigenvalue weighted by Gasteiger charge is 2.60. The van der Waals surface area contributed by atoms with Crippen molar-refractivity contribution in [2.75, 3.05) is 5.32 Å². The summed E-state index contributed by atoms with van der Waals surface area (Å²) >= 11 is 0. The van der Waals surface area contributed by atoms with Crippen molar-refractivity contribution < 1.29 is 34.8 Å². The monoisotopic (exact) mass is 560 g/mol. The number of nitrogens with zero attached hydrogens (tertiary/aromatic N) is 1. The molecule has 2 aromatic rings. The summed E-state index contributed by atoms with van der Waals surface area (Å²) < 4.78 is 0. The molecule has 2 aromatic carbocycles. The SMILES string of the molecule is CC(C)c1cc(NC(N)=NCc2ccccc2)c(O)c2c1C[C@H]1C[C@H]3CC(=O)C(C(N)=O)=C(O)[C@@]3(O)C(=O)C1=C2O. The highest BCUT2D eigenvalue weighted by molar-refractivity contribution is 6.22. The molecule has 41 heavy (non-hydrogen) atoms. The van der Waals surface area contributed by atoms with E-state index in [2.05, 4.69) is 10.3 Å². The maximum absolute atomic E-state index is 13.8. The molecule has 1 saturated carbocycles. The molecule has 3 aliphatic rings. The van der Waals surface area contributed by atoms with Gasteiger partial charge in [-0.25, -0.2) is 4.99 Å². The molecule has 0 heterocycles. The maximum Gasteiger partial charge on any atom is 0.255 e. The zero-order valence-corrected chi connectivity index (χ0v) is 22.6. The lowest BCUT2D eigenvalue weighted by molar-refractivity contribution is -0.147. The number of hydrogen-bond donors (Lipinski definition) is 7. The highest BCUT2D eigenvalue weighted by Crippen LogP contribution is 2.53. The lowest BCUT2D eigenvalue weighted by atomic mass is 9.59. The smallest absolute Gasteiger partial charge is 0.255 e. The van der Waals surface area contributed by atoms with E-state index in [-0.39, 0.29) is 53.7 Å². The minimum Gasteiger partial charge on any atom is -0.508 e. The number of aromatic hydroxyl groups is 1. The Labute approximate surface area is 235 Å². The molecule has 3 atom stereocenters. The number of hydrogen-bond acceptors (Lipinski definition) is 8. The molecule has 0 unspecified atom stereocenters. The average Bonchev–Trinajstić information content (AvgIpc) is 2.91. The quantitative estimate of drug-likeness (QED) is 0.124. The van der Waals surface area contributed by atoms with Crippen molar-refractivity contribution in [1.82, 2.24) is 0 Å². The van der Waals surface area contributed by atoms with E-state index in [1.165, 1.54) is 0 Å². The summed E-state index contributed by atoms with van der Waals surface area (Å²) in [5.41, 5.74) is 10.2. The average molecular weight is 561 g/mol. The second-order valence-corrected chi connectivity index (χ2v) is 11.1. The normalized spacial score (nSPS) is 24.2. The van der Waals surface area contributed by atoms with E-state index < -0.39 is 52.0 Å². The van der Waals surface area contributed by atoms with Crippen molar-refractivity contribution >= 4 is 34.9 Å². The van der Waals surface area contributed by atoms with Gasteiger partial charge >= 0.3 is 0 Å². The van der Waals surface area contributed by atoms with E-state index >= 15 is 0 Å². The number of ketones is 2. The molecule has 1 amide bonds. The molecule has 0 saturated heterocycles. The third kappa shape index (κ3) is 4.42. The summed E-state index contributed by atoms with van der Waals surface area (Å²) in [6.45, 7) is 4.18. The van der Waals surface area contributed by atoms with E-state index in [1.54, 1.807) is 6.07 Å². The Morgan fingerprint density at radius 1 is 1.12 bits per heavy atom. The standard InChI is InChI=1S/C30H32N4O7/c1-13(2)17-11-19(34-29(32)33-12-14-6-4-3-5-7-14)24(36)22-18(17)9-15-8-16-10-20(35)23(28(31)40)27(39)30(16,41)26(38)21(15)25(22)37/h3-7,11,13,15-16,36-37,39,41H,8-10,12H2,1-2H3,(H2,31,40)(H3,32,33,34)/t15-,16+,30+/m1/s1. The fraction of sp³-hybridized carbons (Fsp3) is 0.333. The number of benzene rings is 2. The van der Waals surface area contributed by atoms with Crippen LogP contribution in [0.4, 0.5) is 5.69 Å². The summed E-state index contributed by atoms with van der Waals surface area (Å²) in [7, 11) is 0. The predicted molar refractivity (Wildman–Crippen MR) is 151 cm³/mol. The number of phenolic OH excluding ortho intramolecular Hbond substituents is 1. The second kappa shape index (κ2) is 10.1. The number of aliphatic hydroxyl groups is 3. The first kappa shape index (κ1) is 27.9. The first-order valence-corrected chi connectivity index (χ1v) is 13.3. The van der Waals surface area contributed by atoms with Crippen molar-refractivity contribution in [3.05, 3.63) is 75.6 Å². The first-order valence-electron chi connectivity index (χ1n) is 13.3. The Bertz CT molecular complexity index is 1570. The summed E-state index contributed by atoms with van der Waals surface area (Å²) in [6, 6.07) is 11.2. The number of amides is 1. The van der Waals surface area contributed by atoms with Gasteiger partial charge in [0, 0.05) is 17.9 Å². The molecule has 0 bridgehead atoms. The summed E-state index contributed by atoms with van der Waals surface area (Å²) in [5, 5.41) is 47.9. The number of rotatable bonds is 5. The number of carbonyl (C=O) groups is 3. The van der Waals surface area contributed by atoms with Crippen LogP contribution < -0.4 is 16.8 Å². The fourth-order valence-electron chi connectivity index (χ4n) is 6.27. The van der Waals surface area contributed by atoms with Crippen molar-refractivity contribution in [3.63, 3.8) is 0 Å². The first-order chi connectivity index (χ1) is 19.4. The van der Waals surface area contributed by atoms with Gasteiger partial charge in [0.15, 0.2) is 17.3 Å². The third-order valence-electron chi connectivity index (χ3n) is 8.26. The lowest BCUT2D eigenvalue weighted by Crippen LogP contribution is -2.58. The van der Waals surface area contributed by atoms with Gasteiger partial charge in [-0.05, 0) is 47.4 Å². The molecule has 0 aliphatic heterocycles. The van der Waals surface area contributed by atoms with Gasteiger partial charge < -0.3 is 37.2 Å². The zero-order valence-electron chi connectivity index (χ0n) is 22.6. The molecule has 0 spiro atoms. The summed E-state index contributed by atoms with van der Waals surface area (Å²) in [6.07, 6.45) is -0.0671. The lowest BCUT2D eigenvalue weighted by Gasteiger charge is -2.46. The van der Waals surface area contributed by atoms with Crippen molar-refractivity contribution in [2.45, 2.75) is 51.2 Å². The Morgan fingerprint density at radius 3 is 2.44 bits per heavy atom. The number of guanidine groups is 1. The van der Waals surface area contributed by atoms with E-state index in [0.29, 0.717) is 12.1 Å². The van der Waals surface area contributed by atoms with E-state index in [0.717, 1.165) is 11.1 Å². The minimum atomic E-state index is -2.61. The maximum atomic E-state index is 13.8. The van der Waals surface area contributed by atoms with Crippen LogP contribution >= 0.6 is 0 Å². The fourth-order valence-corrected chi connectivity index (χ4v) is 6.27. The molecule has 0 radical (unpaired) electrons. The molecule has 11 heteroatoms. The molecular formula is C30H32N4O7. The number of primary amides is 1. The number of carbonyl (C=O) groups excluding carboxylic acids is 3. The summed E-state index contributed by atoms with van der Waals surface area (Å²) in [4.78, 5) is 42.5. The number of nitrogens with two attached hydrogens (primary N) is 2. The van der Waals surface area contributed by atoms with Crippen LogP contribution in [0.1, 0.15) is 54.9 Å². The van der Waals surface area contributed by atoms with Gasteiger partial charge in [-0.2, -0.15) is 0 Å². The van der Waals surface area contributed by atoms with Crippen LogP contribution in [0, 0.1) is 11.8 Å². The molecule has 5 rings (SSSR count). The van der Waals surface area contributed by atoms with Gasteiger partial charge in [-0.3, -0.25) is 14.4 Å². The molecular weight excluding hydrogens is 528 g/mol. The number of Topliss-reactive ketones (excluding diaryl/α,β-unsaturated/α-hetero) is 2. The van der Waals surface area contributed by atoms with E-state index in [4.69, 9.17) is 11.5 Å². The molecule has 3 aliphatic carbocycles. The van der Waals surface area contributed by atoms with Crippen LogP contribution in [0.2, 0.25) is 0 Å². The Balaban J connectivity index is 1.60. The molecule has 214 valence electrons. The van der Waals surface area contributed by atoms with Gasteiger partial charge in [-0.15, -0.1) is 0 Å². The van der Waals surface area contributed by atoms with Gasteiger partial charge in [0.05, 0.1) is 17.8 Å². The Hall–Kier alpha value is -4.64. The molecule has 1 fully saturated rings. The van der Waals surface area contributed by atoms with Crippen molar-refractivity contribution in [3.8, 4) is 5.75 Å². The highest BCUT2D eigenvalue weighted by atomic mass is 16.3. The van der Waals surface area contributed by atoms with Crippen LogP contribution in [-0.2, 0) is 27.3 Å². The predicted octanol–water partition coefficient (Wildman–Crippen LogP) is 2.47. The van der Waals surface area contributed by atoms with Crippen LogP contribution in [0.15, 0.2) is 58.3 Å². The molecule has 11 nitrogen and oxygen atoms in total. The molecule has 0 aromatic heterocycles. The Morgan fingerprint density at radius 2 is 1.80 bits per heavy atom. The van der Waals surface area contributed by atoms with E-state index in [1.807, 2.05) is 44.2 Å². The van der Waals surface area contributed by atoms with Gasteiger partial charge in [0.25, 0.3) is 5.91 Å². The van der Waals surface area contributed by atoms with Crippen LogP contribution in [-0.4, -0.2) is 49.5 Å². The molecule has 9 N–H and O–H groups in total. The van der Waals surface area contributed by atoms with Gasteiger partial charge in [0.1, 0.15) is 22.8 Å². The van der Waals surface area contributed by atoms with Crippen LogP contribution in [0.3, 0.4) is 0 Å². The number of nitrogens with one attached hydrogen (secondary N) is 1. The van der Waals surface area contributed by atoms with Gasteiger partial charge in [-0.1, -0.05) is 44.2 Å². The largest absolute Gasteiger partial charge is 0.508 e. The topological polar surface area (TPSA) is 209 Å². The van der Waals surface area contributed by atoms with Crippen molar-refractivity contribution in [2.24, 2.45) is 28.3 Å². The number of aliphatic imine (C=N–C) groups is 1. The number of anilines is 1. The number of fused-ring (bicyclic) bond motifs is 3. The number of phenols is 1. The third-order valence-corrected chi connectivity index (χ3v) is 8.26. The Kier molecular flexibility index (Phi) is 6.86. The number of aliphatic hydroxyl groups excluding tert-OH is 2. The van der Waals surface area contributed by atoms with E-state index in [9.17, 15) is 34.8 Å². The van der Waals surface area contributed by atoms with Crippen LogP contribution in [0.25, 0.3) is 5.76 Å². The zero-order chi connectivity index (χ0) is 29.8. The second-order valence-electron chi connectivity index (χ2n) is 11.1. The van der Waals surface area contributed by atoms with Crippen molar-refractivity contribution in [1.29, 1.82) is 0 Å². The van der Waals surface area contributed by atoms with Gasteiger partial charge in [0.2, 0.25) is 5.78 Å². The van der Waals surface area contributed by atoms with Crippen LogP contribution in [0.5, 0.6) is 5.75 Å². The summed E-state index contributed by atoms with van der Waals surface area (Å²) in [5.74, 6) is -6.76. The minimum absolute atomic E-state index is 0.00156.